The lowest BCUT2D eigenvalue weighted by Gasteiger charge is -2.22. The molecule has 0 heterocycles. The summed E-state index contributed by atoms with van der Waals surface area (Å²) in [5, 5.41) is 3.12. The minimum Gasteiger partial charge on any atom is -0.496 e. The highest BCUT2D eigenvalue weighted by Crippen LogP contribution is 2.37. The number of methoxy groups -OCH3 is 1. The van der Waals surface area contributed by atoms with E-state index in [9.17, 15) is 13.2 Å². The molecule has 1 aromatic rings. The number of alkyl halides is 3. The van der Waals surface area contributed by atoms with E-state index in [1.165, 1.54) is 32.4 Å². The van der Waals surface area contributed by atoms with Gasteiger partial charge in [-0.05, 0) is 37.0 Å². The first kappa shape index (κ1) is 15.0. The smallest absolute Gasteiger partial charge is 0.420 e. The predicted octanol–water partition coefficient (Wildman–Crippen LogP) is 4.71. The van der Waals surface area contributed by atoms with Crippen molar-refractivity contribution in [3.05, 3.63) is 23.8 Å². The Morgan fingerprint density at radius 2 is 1.90 bits per heavy atom. The lowest BCUT2D eigenvalue weighted by atomic mass is 9.89. The number of anilines is 1. The topological polar surface area (TPSA) is 21.3 Å². The van der Waals surface area contributed by atoms with Crippen LogP contribution in [0, 0.1) is 5.92 Å². The number of nitrogens with one attached hydrogen (secondary N) is 1. The highest BCUT2D eigenvalue weighted by Gasteiger charge is 2.34. The molecule has 0 amide bonds. The summed E-state index contributed by atoms with van der Waals surface area (Å²) < 4.78 is 43.5. The van der Waals surface area contributed by atoms with Crippen LogP contribution in [-0.2, 0) is 6.18 Å². The fraction of sp³-hybridized carbons (Fsp3) is 0.600. The van der Waals surface area contributed by atoms with Gasteiger partial charge < -0.3 is 10.1 Å². The van der Waals surface area contributed by atoms with Crippen LogP contribution in [-0.4, -0.2) is 13.7 Å². The van der Waals surface area contributed by atoms with Crippen LogP contribution in [0.2, 0.25) is 0 Å². The monoisotopic (exact) mass is 287 g/mol. The maximum atomic E-state index is 12.9. The van der Waals surface area contributed by atoms with E-state index in [0.717, 1.165) is 25.5 Å². The van der Waals surface area contributed by atoms with Crippen LogP contribution in [0.3, 0.4) is 0 Å². The van der Waals surface area contributed by atoms with Gasteiger partial charge >= 0.3 is 6.18 Å². The number of halogens is 3. The van der Waals surface area contributed by atoms with Crippen LogP contribution in [0.5, 0.6) is 5.75 Å². The first-order chi connectivity index (χ1) is 9.50. The van der Waals surface area contributed by atoms with Crippen molar-refractivity contribution in [1.82, 2.24) is 0 Å². The molecule has 1 N–H and O–H groups in total. The molecule has 0 bridgehead atoms. The molecule has 0 saturated heterocycles. The molecule has 1 saturated carbocycles. The minimum atomic E-state index is -4.39. The predicted molar refractivity (Wildman–Crippen MR) is 73.1 cm³/mol. The third-order valence-corrected chi connectivity index (χ3v) is 3.82. The Bertz CT molecular complexity index is 439. The summed E-state index contributed by atoms with van der Waals surface area (Å²) in [4.78, 5) is 0. The lowest BCUT2D eigenvalue weighted by molar-refractivity contribution is -0.138. The summed E-state index contributed by atoms with van der Waals surface area (Å²) in [6, 6.07) is 4.13. The van der Waals surface area contributed by atoms with Gasteiger partial charge in [-0.25, -0.2) is 0 Å². The summed E-state index contributed by atoms with van der Waals surface area (Å²) in [7, 11) is 1.25. The van der Waals surface area contributed by atoms with Crippen LogP contribution in [0.4, 0.5) is 18.9 Å². The quantitative estimate of drug-likeness (QED) is 0.866. The molecule has 0 aromatic heterocycles. The molecule has 112 valence electrons. The van der Waals surface area contributed by atoms with Gasteiger partial charge in [0.1, 0.15) is 5.75 Å². The number of hydrogen-bond acceptors (Lipinski definition) is 2. The third-order valence-electron chi connectivity index (χ3n) is 3.82. The van der Waals surface area contributed by atoms with Gasteiger partial charge in [-0.15, -0.1) is 0 Å². The molecule has 0 atom stereocenters. The van der Waals surface area contributed by atoms with Crippen molar-refractivity contribution in [2.45, 2.75) is 38.3 Å². The van der Waals surface area contributed by atoms with Crippen LogP contribution < -0.4 is 10.1 Å². The van der Waals surface area contributed by atoms with Crippen molar-refractivity contribution >= 4 is 5.69 Å². The Hall–Kier alpha value is -1.39. The Labute approximate surface area is 117 Å². The molecule has 5 heteroatoms. The second kappa shape index (κ2) is 6.37. The van der Waals surface area contributed by atoms with Gasteiger partial charge in [-0.2, -0.15) is 13.2 Å². The van der Waals surface area contributed by atoms with E-state index in [2.05, 4.69) is 5.32 Å². The van der Waals surface area contributed by atoms with Crippen molar-refractivity contribution in [2.24, 2.45) is 5.92 Å². The molecular formula is C15H20F3NO. The second-order valence-electron chi connectivity index (χ2n) is 5.30. The minimum absolute atomic E-state index is 0.138. The fourth-order valence-corrected chi connectivity index (χ4v) is 2.69. The number of benzene rings is 1. The lowest BCUT2D eigenvalue weighted by Crippen LogP contribution is -2.17. The molecule has 0 spiro atoms. The maximum absolute atomic E-state index is 12.9. The van der Waals surface area contributed by atoms with Crippen molar-refractivity contribution in [2.75, 3.05) is 19.0 Å². The molecule has 0 unspecified atom stereocenters. The molecule has 0 radical (unpaired) electrons. The Morgan fingerprint density at radius 3 is 2.50 bits per heavy atom. The van der Waals surface area contributed by atoms with E-state index in [0.29, 0.717) is 11.6 Å². The molecule has 20 heavy (non-hydrogen) atoms. The van der Waals surface area contributed by atoms with Crippen LogP contribution in [0.25, 0.3) is 0 Å². The zero-order valence-corrected chi connectivity index (χ0v) is 11.6. The number of hydrogen-bond donors (Lipinski definition) is 1. The molecule has 1 aromatic carbocycles. The van der Waals surface area contributed by atoms with Crippen molar-refractivity contribution < 1.29 is 17.9 Å². The number of rotatable bonds is 4. The summed E-state index contributed by atoms with van der Waals surface area (Å²) in [6.07, 6.45) is 1.65. The molecule has 1 aliphatic rings. The van der Waals surface area contributed by atoms with Gasteiger partial charge in [-0.3, -0.25) is 0 Å². The second-order valence-corrected chi connectivity index (χ2v) is 5.30. The van der Waals surface area contributed by atoms with Crippen LogP contribution >= 0.6 is 0 Å². The van der Waals surface area contributed by atoms with Gasteiger partial charge in [0.05, 0.1) is 12.7 Å². The van der Waals surface area contributed by atoms with E-state index in [4.69, 9.17) is 4.74 Å². The van der Waals surface area contributed by atoms with E-state index in [1.807, 2.05) is 0 Å². The molecule has 1 fully saturated rings. The first-order valence-electron chi connectivity index (χ1n) is 7.00. The van der Waals surface area contributed by atoms with E-state index < -0.39 is 11.7 Å². The molecule has 0 aliphatic heterocycles. The van der Waals surface area contributed by atoms with E-state index >= 15 is 0 Å². The van der Waals surface area contributed by atoms with Crippen LogP contribution in [0.1, 0.15) is 37.7 Å². The van der Waals surface area contributed by atoms with Crippen LogP contribution in [0.15, 0.2) is 18.2 Å². The highest BCUT2D eigenvalue weighted by atomic mass is 19.4. The average molecular weight is 287 g/mol. The third kappa shape index (κ3) is 3.81. The van der Waals surface area contributed by atoms with Gasteiger partial charge in [0.15, 0.2) is 0 Å². The maximum Gasteiger partial charge on any atom is 0.420 e. The largest absolute Gasteiger partial charge is 0.496 e. The standard InChI is InChI=1S/C15H20F3NO/c1-20-14-8-7-12(9-13(14)15(16,17)18)19-10-11-5-3-2-4-6-11/h7-9,11,19H,2-6,10H2,1H3. The van der Waals surface area contributed by atoms with Gasteiger partial charge in [0.25, 0.3) is 0 Å². The summed E-state index contributed by atoms with van der Waals surface area (Å²) >= 11 is 0. The highest BCUT2D eigenvalue weighted by molar-refractivity contribution is 5.52. The summed E-state index contributed by atoms with van der Waals surface area (Å²) in [6.45, 7) is 0.740. The van der Waals surface area contributed by atoms with Gasteiger partial charge in [-0.1, -0.05) is 19.3 Å². The molecule has 2 rings (SSSR count). The number of ether oxygens (including phenoxy) is 1. The van der Waals surface area contributed by atoms with E-state index in [1.54, 1.807) is 6.07 Å². The fourth-order valence-electron chi connectivity index (χ4n) is 2.69. The van der Waals surface area contributed by atoms with E-state index in [-0.39, 0.29) is 5.75 Å². The zero-order chi connectivity index (χ0) is 14.6. The normalized spacial score (nSPS) is 17.0. The Morgan fingerprint density at radius 1 is 1.20 bits per heavy atom. The Kier molecular flexibility index (Phi) is 4.78. The summed E-state index contributed by atoms with van der Waals surface area (Å²) in [5.74, 6) is 0.431. The zero-order valence-electron chi connectivity index (χ0n) is 11.6. The van der Waals surface area contributed by atoms with Crippen molar-refractivity contribution in [3.8, 4) is 5.75 Å². The summed E-state index contributed by atoms with van der Waals surface area (Å²) in [5.41, 5.74) is -0.225. The average Bonchev–Trinajstić information content (AvgIpc) is 2.45. The Balaban J connectivity index is 2.04. The van der Waals surface area contributed by atoms with Crippen molar-refractivity contribution in [1.29, 1.82) is 0 Å². The van der Waals surface area contributed by atoms with Gasteiger partial charge in [0, 0.05) is 12.2 Å². The van der Waals surface area contributed by atoms with Crippen molar-refractivity contribution in [3.63, 3.8) is 0 Å². The molecule has 1 aliphatic carbocycles. The van der Waals surface area contributed by atoms with Gasteiger partial charge in [0.2, 0.25) is 0 Å². The SMILES string of the molecule is COc1ccc(NCC2CCCCC2)cc1C(F)(F)F. The molecular weight excluding hydrogens is 267 g/mol. The first-order valence-corrected chi connectivity index (χ1v) is 7.00. The molecule has 2 nitrogen and oxygen atoms in total.